The Morgan fingerprint density at radius 1 is 1.33 bits per heavy atom. The number of aromatic amines is 1. The molecule has 0 unspecified atom stereocenters. The monoisotopic (exact) mass is 183 g/mol. The lowest BCUT2D eigenvalue weighted by Crippen LogP contribution is -2.04. The Hall–Kier alpha value is -1.64. The minimum Gasteiger partial charge on any atom is -0.241 e. The second-order valence-electron chi connectivity index (χ2n) is 1.97. The first-order valence-electron chi connectivity index (χ1n) is 3.02. The average Bonchev–Trinajstić information content (AvgIpc) is 2.65. The van der Waals surface area contributed by atoms with Crippen molar-refractivity contribution in [2.75, 3.05) is 0 Å². The van der Waals surface area contributed by atoms with Crippen LogP contribution >= 0.6 is 12.6 Å². The third kappa shape index (κ3) is 1.21. The Labute approximate surface area is 71.8 Å². The Bertz CT molecular complexity index is 350. The van der Waals surface area contributed by atoms with Crippen LogP contribution in [0.25, 0.3) is 0 Å². The van der Waals surface area contributed by atoms with Crippen LogP contribution < -0.4 is 0 Å². The second-order valence-corrected chi connectivity index (χ2v) is 2.33. The van der Waals surface area contributed by atoms with Crippen LogP contribution in [0.1, 0.15) is 5.82 Å². The first-order valence-corrected chi connectivity index (χ1v) is 3.43. The molecule has 2 aromatic rings. The first-order chi connectivity index (χ1) is 5.86. The van der Waals surface area contributed by atoms with Gasteiger partial charge in [0.1, 0.15) is 6.54 Å². The summed E-state index contributed by atoms with van der Waals surface area (Å²) in [6.45, 7) is 0.360. The second kappa shape index (κ2) is 2.77. The van der Waals surface area contributed by atoms with E-state index in [1.807, 2.05) is 0 Å². The highest BCUT2D eigenvalue weighted by Crippen LogP contribution is 1.98. The summed E-state index contributed by atoms with van der Waals surface area (Å²) in [4.78, 5) is 0. The number of nitrogens with one attached hydrogen (secondary N) is 1. The van der Waals surface area contributed by atoms with Crippen LogP contribution in [-0.2, 0) is 6.54 Å². The van der Waals surface area contributed by atoms with Gasteiger partial charge in [-0.25, -0.2) is 9.78 Å². The molecule has 2 rings (SSSR count). The lowest BCUT2D eigenvalue weighted by Gasteiger charge is -1.93. The van der Waals surface area contributed by atoms with E-state index in [4.69, 9.17) is 12.6 Å². The Kier molecular flexibility index (Phi) is 1.63. The topological polar surface area (TPSA) is 98.1 Å². The Morgan fingerprint density at radius 2 is 2.25 bits per heavy atom. The van der Waals surface area contributed by atoms with Gasteiger partial charge < -0.3 is 0 Å². The summed E-state index contributed by atoms with van der Waals surface area (Å²) in [6.07, 6.45) is 0. The van der Waals surface area contributed by atoms with E-state index < -0.39 is 0 Å². The maximum atomic E-state index is 4.80. The lowest BCUT2D eigenvalue weighted by atomic mass is 10.6. The van der Waals surface area contributed by atoms with E-state index in [1.165, 1.54) is 4.68 Å². The van der Waals surface area contributed by atoms with E-state index in [2.05, 4.69) is 36.1 Å². The van der Waals surface area contributed by atoms with Gasteiger partial charge in [0, 0.05) is 0 Å². The van der Waals surface area contributed by atoms with Crippen molar-refractivity contribution in [3.63, 3.8) is 0 Å². The van der Waals surface area contributed by atoms with Gasteiger partial charge in [-0.05, 0) is 33.5 Å². The highest BCUT2D eigenvalue weighted by Gasteiger charge is 2.04. The van der Waals surface area contributed by atoms with Crippen molar-refractivity contribution < 1.29 is 0 Å². The van der Waals surface area contributed by atoms with Crippen LogP contribution in [0.2, 0.25) is 0 Å². The lowest BCUT2D eigenvalue weighted by molar-refractivity contribution is 0.583. The molecule has 0 amide bonds. The van der Waals surface area contributed by atoms with Crippen molar-refractivity contribution in [3.8, 4) is 0 Å². The molecule has 61 valence electrons. The number of nitrogens with zero attached hydrogens (tertiary/aromatic N) is 7. The maximum Gasteiger partial charge on any atom is 0.240 e. The van der Waals surface area contributed by atoms with Gasteiger partial charge in [-0.15, -0.1) is 5.10 Å². The molecule has 0 spiro atoms. The fourth-order valence-electron chi connectivity index (χ4n) is 0.683. The molecule has 0 saturated carbocycles. The highest BCUT2D eigenvalue weighted by atomic mass is 32.1. The normalized spacial score (nSPS) is 10.3. The minimum atomic E-state index is 0.311. The molecule has 0 aliphatic heterocycles. The van der Waals surface area contributed by atoms with Crippen molar-refractivity contribution in [3.05, 3.63) is 5.82 Å². The van der Waals surface area contributed by atoms with Crippen molar-refractivity contribution in [1.82, 2.24) is 40.8 Å². The summed E-state index contributed by atoms with van der Waals surface area (Å²) in [5, 5.41) is 23.9. The van der Waals surface area contributed by atoms with Crippen LogP contribution in [0.5, 0.6) is 0 Å². The quantitative estimate of drug-likeness (QED) is 0.627. The molecule has 12 heavy (non-hydrogen) atoms. The molecule has 0 aliphatic rings. The van der Waals surface area contributed by atoms with E-state index in [0.717, 1.165) is 0 Å². The van der Waals surface area contributed by atoms with Crippen molar-refractivity contribution in [1.29, 1.82) is 0 Å². The molecule has 9 heteroatoms. The maximum absolute atomic E-state index is 4.80. The van der Waals surface area contributed by atoms with Crippen molar-refractivity contribution in [2.24, 2.45) is 0 Å². The van der Waals surface area contributed by atoms with Crippen LogP contribution in [0.3, 0.4) is 0 Å². The molecule has 1 radical (unpaired) electrons. The minimum absolute atomic E-state index is 0.311. The molecule has 1 N–H and O–H groups in total. The summed E-state index contributed by atoms with van der Waals surface area (Å²) in [7, 11) is 0. The van der Waals surface area contributed by atoms with Crippen molar-refractivity contribution >= 4 is 12.6 Å². The van der Waals surface area contributed by atoms with Crippen LogP contribution in [0, 0.1) is 0 Å². The summed E-state index contributed by atoms with van der Waals surface area (Å²) in [5.74, 6) is 0.563. The smallest absolute Gasteiger partial charge is 0.240 e. The van der Waals surface area contributed by atoms with Gasteiger partial charge in [-0.3, -0.25) is 0 Å². The molecule has 0 aliphatic carbocycles. The zero-order valence-corrected chi connectivity index (χ0v) is 6.56. The molecule has 0 atom stereocenters. The Morgan fingerprint density at radius 3 is 2.83 bits per heavy atom. The van der Waals surface area contributed by atoms with Gasteiger partial charge >= 0.3 is 0 Å². The van der Waals surface area contributed by atoms with Gasteiger partial charge in [0.25, 0.3) is 0 Å². The predicted octanol–water partition coefficient (Wildman–Crippen LogP) is -1.21. The molecule has 8 nitrogen and oxygen atoms in total. The SMILES string of the molecule is [S]c1nnnn1Cc1nnn[nH]1. The fraction of sp³-hybridized carbons (Fsp3) is 0.333. The number of hydrogen-bond acceptors (Lipinski definition) is 6. The molecular formula is C3H3N8S. The summed E-state index contributed by atoms with van der Waals surface area (Å²) < 4.78 is 1.41. The predicted molar refractivity (Wildman–Crippen MR) is 37.0 cm³/mol. The molecule has 2 aromatic heterocycles. The number of rotatable bonds is 2. The number of H-pyrrole nitrogens is 1. The van der Waals surface area contributed by atoms with Crippen LogP contribution in [0.15, 0.2) is 5.16 Å². The number of hydrogen-bond donors (Lipinski definition) is 1. The Balaban J connectivity index is 2.20. The molecule has 0 saturated heterocycles. The van der Waals surface area contributed by atoms with E-state index in [1.54, 1.807) is 0 Å². The first kappa shape index (κ1) is 7.03. The third-order valence-electron chi connectivity index (χ3n) is 1.19. The average molecular weight is 183 g/mol. The highest BCUT2D eigenvalue weighted by molar-refractivity contribution is 7.80. The van der Waals surface area contributed by atoms with E-state index >= 15 is 0 Å². The number of tetrazole rings is 2. The summed E-state index contributed by atoms with van der Waals surface area (Å²) >= 11 is 4.80. The molecular weight excluding hydrogens is 180 g/mol. The molecule has 0 fully saturated rings. The zero-order chi connectivity index (χ0) is 8.39. The third-order valence-corrected chi connectivity index (χ3v) is 1.48. The zero-order valence-electron chi connectivity index (χ0n) is 5.75. The van der Waals surface area contributed by atoms with Gasteiger partial charge in [0.05, 0.1) is 0 Å². The molecule has 0 bridgehead atoms. The van der Waals surface area contributed by atoms with E-state index in [0.29, 0.717) is 17.5 Å². The van der Waals surface area contributed by atoms with Crippen molar-refractivity contribution in [2.45, 2.75) is 11.7 Å². The van der Waals surface area contributed by atoms with Gasteiger partial charge in [0.2, 0.25) is 5.16 Å². The largest absolute Gasteiger partial charge is 0.241 e. The van der Waals surface area contributed by atoms with Crippen LogP contribution in [-0.4, -0.2) is 40.8 Å². The molecule has 0 aromatic carbocycles. The van der Waals surface area contributed by atoms with Gasteiger partial charge in [0.15, 0.2) is 5.82 Å². The summed E-state index contributed by atoms with van der Waals surface area (Å²) in [6, 6.07) is 0. The van der Waals surface area contributed by atoms with Gasteiger partial charge in [-0.2, -0.15) is 0 Å². The van der Waals surface area contributed by atoms with E-state index in [-0.39, 0.29) is 0 Å². The van der Waals surface area contributed by atoms with Gasteiger partial charge in [-0.1, -0.05) is 5.10 Å². The fourth-order valence-corrected chi connectivity index (χ4v) is 0.821. The standard InChI is InChI=1S/C3H3N8S/c12-3-6-9-10-11(3)1-2-4-7-8-5-2/h1H2,(H,4,5,7,8). The van der Waals surface area contributed by atoms with Crippen LogP contribution in [0.4, 0.5) is 0 Å². The number of aromatic nitrogens is 8. The molecule has 2 heterocycles. The van der Waals surface area contributed by atoms with E-state index in [9.17, 15) is 0 Å². The summed E-state index contributed by atoms with van der Waals surface area (Å²) in [5.41, 5.74) is 0.